The van der Waals surface area contributed by atoms with Gasteiger partial charge in [0.05, 0.1) is 5.75 Å². The molecule has 162 valence electrons. The first kappa shape index (κ1) is 22.3. The lowest BCUT2D eigenvalue weighted by molar-refractivity contribution is -0.123. The number of hydrogen-bond donors (Lipinski definition) is 1. The Morgan fingerprint density at radius 1 is 1.10 bits per heavy atom. The maximum atomic E-state index is 13.5. The lowest BCUT2D eigenvalue weighted by Gasteiger charge is -2.35. The van der Waals surface area contributed by atoms with E-state index in [1.807, 2.05) is 18.2 Å². The Balaban J connectivity index is 1.41. The van der Waals surface area contributed by atoms with E-state index >= 15 is 0 Å². The summed E-state index contributed by atoms with van der Waals surface area (Å²) in [5.74, 6) is -1.32. The van der Waals surface area contributed by atoms with Gasteiger partial charge < -0.3 is 15.0 Å². The Labute approximate surface area is 180 Å². The molecular formula is C20H23ClFN3O4S. The lowest BCUT2D eigenvalue weighted by atomic mass is 10.2. The Morgan fingerprint density at radius 3 is 2.53 bits per heavy atom. The molecule has 0 saturated carbocycles. The fourth-order valence-corrected chi connectivity index (χ4v) is 4.62. The van der Waals surface area contributed by atoms with Gasteiger partial charge in [0.25, 0.3) is 5.91 Å². The molecule has 2 aromatic carbocycles. The van der Waals surface area contributed by atoms with E-state index in [4.69, 9.17) is 16.3 Å². The first-order valence-electron chi connectivity index (χ1n) is 9.47. The third kappa shape index (κ3) is 6.07. The molecule has 0 atom stereocenters. The quantitative estimate of drug-likeness (QED) is 0.659. The van der Waals surface area contributed by atoms with Crippen molar-refractivity contribution < 1.29 is 22.3 Å². The second kappa shape index (κ2) is 10.1. The number of nitrogens with one attached hydrogen (secondary N) is 1. The molecule has 0 bridgehead atoms. The smallest absolute Gasteiger partial charge is 0.257 e. The van der Waals surface area contributed by atoms with E-state index in [1.165, 1.54) is 22.5 Å². The van der Waals surface area contributed by atoms with E-state index in [0.29, 0.717) is 31.2 Å². The number of hydrogen-bond acceptors (Lipinski definition) is 5. The zero-order valence-corrected chi connectivity index (χ0v) is 17.8. The Morgan fingerprint density at radius 2 is 1.83 bits per heavy atom. The molecule has 0 unspecified atom stereocenters. The molecule has 1 aliphatic heterocycles. The van der Waals surface area contributed by atoms with Gasteiger partial charge in [0, 0.05) is 43.4 Å². The number of sulfonamides is 1. The first-order chi connectivity index (χ1) is 14.3. The molecule has 1 amide bonds. The van der Waals surface area contributed by atoms with Crippen LogP contribution in [0.5, 0.6) is 5.75 Å². The fourth-order valence-electron chi connectivity index (χ4n) is 3.10. The summed E-state index contributed by atoms with van der Waals surface area (Å²) in [6, 6.07) is 13.2. The molecule has 1 fully saturated rings. The summed E-state index contributed by atoms with van der Waals surface area (Å²) in [5, 5.41) is 3.13. The molecule has 1 saturated heterocycles. The van der Waals surface area contributed by atoms with Crippen molar-refractivity contribution in [2.45, 2.75) is 0 Å². The van der Waals surface area contributed by atoms with E-state index in [0.717, 1.165) is 5.69 Å². The molecule has 7 nitrogen and oxygen atoms in total. The van der Waals surface area contributed by atoms with E-state index < -0.39 is 21.7 Å². The van der Waals surface area contributed by atoms with E-state index in [2.05, 4.69) is 10.2 Å². The van der Waals surface area contributed by atoms with Crippen molar-refractivity contribution >= 4 is 33.2 Å². The van der Waals surface area contributed by atoms with Crippen LogP contribution in [0.15, 0.2) is 48.5 Å². The van der Waals surface area contributed by atoms with Crippen LogP contribution >= 0.6 is 11.6 Å². The molecule has 3 rings (SSSR count). The average Bonchev–Trinajstić information content (AvgIpc) is 2.73. The van der Waals surface area contributed by atoms with Crippen molar-refractivity contribution in [1.29, 1.82) is 0 Å². The number of anilines is 1. The molecular weight excluding hydrogens is 433 g/mol. The molecule has 30 heavy (non-hydrogen) atoms. The molecule has 0 spiro atoms. The predicted molar refractivity (Wildman–Crippen MR) is 114 cm³/mol. The molecule has 0 aromatic heterocycles. The van der Waals surface area contributed by atoms with Crippen molar-refractivity contribution in [2.24, 2.45) is 0 Å². The lowest BCUT2D eigenvalue weighted by Crippen LogP contribution is -2.50. The van der Waals surface area contributed by atoms with Crippen molar-refractivity contribution in [3.63, 3.8) is 0 Å². The second-order valence-electron chi connectivity index (χ2n) is 6.75. The van der Waals surface area contributed by atoms with Gasteiger partial charge in [-0.2, -0.15) is 4.31 Å². The third-order valence-corrected chi connectivity index (χ3v) is 6.79. The largest absolute Gasteiger partial charge is 0.481 e. The number of carbonyl (C=O) groups excluding carboxylic acids is 1. The van der Waals surface area contributed by atoms with Gasteiger partial charge in [-0.1, -0.05) is 29.8 Å². The summed E-state index contributed by atoms with van der Waals surface area (Å²) in [6.45, 7) is 1.40. The topological polar surface area (TPSA) is 78.9 Å². The highest BCUT2D eigenvalue weighted by Crippen LogP contribution is 2.21. The Bertz CT molecular complexity index is 982. The minimum atomic E-state index is -3.50. The van der Waals surface area contributed by atoms with E-state index in [-0.39, 0.29) is 24.7 Å². The number of piperazine rings is 1. The third-order valence-electron chi connectivity index (χ3n) is 4.68. The van der Waals surface area contributed by atoms with Crippen LogP contribution < -0.4 is 15.0 Å². The molecule has 1 N–H and O–H groups in total. The van der Waals surface area contributed by atoms with Crippen LogP contribution in [0.25, 0.3) is 0 Å². The molecule has 1 aliphatic rings. The number of halogens is 2. The van der Waals surface area contributed by atoms with Gasteiger partial charge in [0.15, 0.2) is 18.2 Å². The van der Waals surface area contributed by atoms with E-state index in [9.17, 15) is 17.6 Å². The first-order valence-corrected chi connectivity index (χ1v) is 11.5. The SMILES string of the molecule is O=C(COc1ccccc1F)NCCS(=O)(=O)N1CCN(c2cccc(Cl)c2)CC1. The summed E-state index contributed by atoms with van der Waals surface area (Å²) in [7, 11) is -3.50. The molecule has 0 radical (unpaired) electrons. The number of nitrogens with zero attached hydrogens (tertiary/aromatic N) is 2. The highest BCUT2D eigenvalue weighted by molar-refractivity contribution is 7.89. The van der Waals surface area contributed by atoms with Gasteiger partial charge in [0.2, 0.25) is 10.0 Å². The molecule has 1 heterocycles. The standard InChI is InChI=1S/C20H23ClFN3O4S/c21-16-4-3-5-17(14-16)24-9-11-25(12-10-24)30(27,28)13-8-23-20(26)15-29-19-7-2-1-6-18(19)22/h1-7,14H,8-13,15H2,(H,23,26). The second-order valence-corrected chi connectivity index (χ2v) is 9.28. The normalized spacial score (nSPS) is 15.1. The van der Waals surface area contributed by atoms with Crippen LogP contribution in [0, 0.1) is 5.82 Å². The van der Waals surface area contributed by atoms with Crippen molar-refractivity contribution in [1.82, 2.24) is 9.62 Å². The highest BCUT2D eigenvalue weighted by atomic mass is 35.5. The summed E-state index contributed by atoms with van der Waals surface area (Å²) in [5.41, 5.74) is 0.960. The van der Waals surface area contributed by atoms with Crippen LogP contribution in [0.4, 0.5) is 10.1 Å². The molecule has 10 heteroatoms. The number of rotatable bonds is 8. The van der Waals surface area contributed by atoms with Gasteiger partial charge in [-0.25, -0.2) is 12.8 Å². The van der Waals surface area contributed by atoms with Gasteiger partial charge >= 0.3 is 0 Å². The minimum absolute atomic E-state index is 0.0298. The molecule has 0 aliphatic carbocycles. The zero-order valence-electron chi connectivity index (χ0n) is 16.3. The Hall–Kier alpha value is -2.36. The average molecular weight is 456 g/mol. The van der Waals surface area contributed by atoms with Crippen molar-refractivity contribution in [2.75, 3.05) is 50.0 Å². The van der Waals surface area contributed by atoms with Crippen LogP contribution in [-0.2, 0) is 14.8 Å². The number of carbonyl (C=O) groups is 1. The summed E-state index contributed by atoms with van der Waals surface area (Å²) in [6.07, 6.45) is 0. The maximum Gasteiger partial charge on any atom is 0.257 e. The van der Waals surface area contributed by atoms with Crippen LogP contribution in [0.1, 0.15) is 0 Å². The molecule has 2 aromatic rings. The summed E-state index contributed by atoms with van der Waals surface area (Å²) in [4.78, 5) is 13.9. The van der Waals surface area contributed by atoms with Gasteiger partial charge in [0.1, 0.15) is 0 Å². The van der Waals surface area contributed by atoms with Crippen LogP contribution in [-0.4, -0.2) is 63.7 Å². The van der Waals surface area contributed by atoms with Crippen LogP contribution in [0.3, 0.4) is 0 Å². The number of para-hydroxylation sites is 1. The van der Waals surface area contributed by atoms with Gasteiger partial charge in [-0.3, -0.25) is 4.79 Å². The van der Waals surface area contributed by atoms with E-state index in [1.54, 1.807) is 12.1 Å². The summed E-state index contributed by atoms with van der Waals surface area (Å²) < 4.78 is 45.1. The monoisotopic (exact) mass is 455 g/mol. The minimum Gasteiger partial charge on any atom is -0.481 e. The number of amides is 1. The maximum absolute atomic E-state index is 13.5. The van der Waals surface area contributed by atoms with Crippen molar-refractivity contribution in [3.8, 4) is 5.75 Å². The number of benzene rings is 2. The fraction of sp³-hybridized carbons (Fsp3) is 0.350. The number of ether oxygens (including phenoxy) is 1. The van der Waals surface area contributed by atoms with Crippen molar-refractivity contribution in [3.05, 3.63) is 59.4 Å². The van der Waals surface area contributed by atoms with Gasteiger partial charge in [-0.05, 0) is 30.3 Å². The predicted octanol–water partition coefficient (Wildman–Crippen LogP) is 2.13. The summed E-state index contributed by atoms with van der Waals surface area (Å²) >= 11 is 6.02. The van der Waals surface area contributed by atoms with Crippen LogP contribution in [0.2, 0.25) is 5.02 Å². The zero-order chi connectivity index (χ0) is 21.6. The highest BCUT2D eigenvalue weighted by Gasteiger charge is 2.27. The Kier molecular flexibility index (Phi) is 7.52. The van der Waals surface area contributed by atoms with Gasteiger partial charge in [-0.15, -0.1) is 0 Å².